The highest BCUT2D eigenvalue weighted by Gasteiger charge is 2.31. The van der Waals surface area contributed by atoms with Gasteiger partial charge >= 0.3 is 5.97 Å². The number of anilines is 1. The maximum Gasteiger partial charge on any atom is 0.312 e. The molecule has 0 fully saturated rings. The zero-order valence-electron chi connectivity index (χ0n) is 8.93. The molecule has 2 heterocycles. The van der Waals surface area contributed by atoms with Gasteiger partial charge in [0.25, 0.3) is 0 Å². The molecule has 0 aromatic carbocycles. The molecule has 0 saturated carbocycles. The van der Waals surface area contributed by atoms with E-state index in [9.17, 15) is 4.79 Å². The molecule has 5 nitrogen and oxygen atoms in total. The van der Waals surface area contributed by atoms with Crippen LogP contribution in [0.5, 0.6) is 0 Å². The summed E-state index contributed by atoms with van der Waals surface area (Å²) in [4.78, 5) is 15.8. The normalized spacial score (nSPS) is 24.1. The molecule has 1 aliphatic heterocycles. The van der Waals surface area contributed by atoms with Gasteiger partial charge < -0.3 is 14.6 Å². The summed E-state index contributed by atoms with van der Waals surface area (Å²) in [6.45, 7) is 4.86. The van der Waals surface area contributed by atoms with Gasteiger partial charge in [0.15, 0.2) is 0 Å². The van der Waals surface area contributed by atoms with Crippen LogP contribution < -0.4 is 5.32 Å². The molecular weight excluding hydrogens is 194 g/mol. The minimum absolute atomic E-state index is 0.0685. The summed E-state index contributed by atoms with van der Waals surface area (Å²) in [6, 6.07) is 0.0685. The van der Waals surface area contributed by atoms with Gasteiger partial charge in [-0.1, -0.05) is 0 Å². The summed E-state index contributed by atoms with van der Waals surface area (Å²) < 4.78 is 6.96. The van der Waals surface area contributed by atoms with Crippen LogP contribution in [-0.2, 0) is 16.1 Å². The predicted molar refractivity (Wildman–Crippen MR) is 55.4 cm³/mol. The van der Waals surface area contributed by atoms with Crippen LogP contribution in [0.2, 0.25) is 0 Å². The lowest BCUT2D eigenvalue weighted by Crippen LogP contribution is -2.41. The predicted octanol–water partition coefficient (Wildman–Crippen LogP) is 0.876. The van der Waals surface area contributed by atoms with Crippen molar-refractivity contribution >= 4 is 11.9 Å². The van der Waals surface area contributed by atoms with E-state index >= 15 is 0 Å². The number of rotatable bonds is 2. The van der Waals surface area contributed by atoms with Gasteiger partial charge in [0, 0.05) is 25.0 Å². The second-order valence-corrected chi connectivity index (χ2v) is 3.69. The van der Waals surface area contributed by atoms with Crippen LogP contribution in [0.15, 0.2) is 12.4 Å². The molecular formula is C10H15N3O2. The largest absolute Gasteiger partial charge is 0.466 e. The molecule has 1 aliphatic rings. The minimum atomic E-state index is -0.142. The zero-order chi connectivity index (χ0) is 10.8. The molecule has 2 atom stereocenters. The maximum absolute atomic E-state index is 11.6. The molecule has 15 heavy (non-hydrogen) atoms. The number of carbonyl (C=O) groups excluding carboxylic acids is 1. The van der Waals surface area contributed by atoms with Gasteiger partial charge in [-0.3, -0.25) is 4.79 Å². The first-order valence-corrected chi connectivity index (χ1v) is 5.16. The molecule has 5 heteroatoms. The van der Waals surface area contributed by atoms with Crippen molar-refractivity contribution in [1.29, 1.82) is 0 Å². The van der Waals surface area contributed by atoms with Crippen LogP contribution in [0.25, 0.3) is 0 Å². The first-order valence-electron chi connectivity index (χ1n) is 5.16. The highest BCUT2D eigenvalue weighted by molar-refractivity contribution is 5.74. The van der Waals surface area contributed by atoms with Crippen molar-refractivity contribution < 1.29 is 9.53 Å². The third-order valence-corrected chi connectivity index (χ3v) is 2.66. The minimum Gasteiger partial charge on any atom is -0.466 e. The Labute approximate surface area is 88.4 Å². The smallest absolute Gasteiger partial charge is 0.312 e. The van der Waals surface area contributed by atoms with Gasteiger partial charge in [-0.15, -0.1) is 0 Å². The molecule has 1 aromatic heterocycles. The number of hydrogen-bond acceptors (Lipinski definition) is 4. The molecule has 2 rings (SSSR count). The molecule has 0 radical (unpaired) electrons. The number of imidazole rings is 1. The van der Waals surface area contributed by atoms with E-state index in [1.165, 1.54) is 0 Å². The fourth-order valence-electron chi connectivity index (χ4n) is 1.80. The van der Waals surface area contributed by atoms with Crippen molar-refractivity contribution in [3.8, 4) is 0 Å². The van der Waals surface area contributed by atoms with Crippen LogP contribution in [-0.4, -0.2) is 28.2 Å². The van der Waals surface area contributed by atoms with E-state index in [0.717, 1.165) is 5.95 Å². The van der Waals surface area contributed by atoms with Crippen LogP contribution in [0.3, 0.4) is 0 Å². The average molecular weight is 209 g/mol. The first kappa shape index (κ1) is 10.0. The number of fused-ring (bicyclic) bond motifs is 1. The molecule has 0 bridgehead atoms. The number of nitrogens with one attached hydrogen (secondary N) is 1. The van der Waals surface area contributed by atoms with E-state index < -0.39 is 0 Å². The molecule has 0 aliphatic carbocycles. The average Bonchev–Trinajstić information content (AvgIpc) is 2.63. The summed E-state index contributed by atoms with van der Waals surface area (Å²) in [7, 11) is 0. The highest BCUT2D eigenvalue weighted by atomic mass is 16.5. The van der Waals surface area contributed by atoms with Crippen LogP contribution >= 0.6 is 0 Å². The van der Waals surface area contributed by atoms with E-state index in [2.05, 4.69) is 10.3 Å². The van der Waals surface area contributed by atoms with E-state index in [1.807, 2.05) is 24.6 Å². The van der Waals surface area contributed by atoms with Crippen LogP contribution in [0.4, 0.5) is 5.95 Å². The van der Waals surface area contributed by atoms with Gasteiger partial charge in [0.05, 0.1) is 12.5 Å². The molecule has 1 N–H and O–H groups in total. The topological polar surface area (TPSA) is 56.2 Å². The number of carbonyl (C=O) groups is 1. The van der Waals surface area contributed by atoms with Gasteiger partial charge in [-0.25, -0.2) is 4.98 Å². The van der Waals surface area contributed by atoms with Gasteiger partial charge in [0.1, 0.15) is 0 Å². The van der Waals surface area contributed by atoms with Gasteiger partial charge in [-0.2, -0.15) is 0 Å². The summed E-state index contributed by atoms with van der Waals surface area (Å²) in [5, 5.41) is 3.18. The molecule has 0 saturated heterocycles. The van der Waals surface area contributed by atoms with Crippen molar-refractivity contribution in [2.24, 2.45) is 5.92 Å². The zero-order valence-corrected chi connectivity index (χ0v) is 8.93. The van der Waals surface area contributed by atoms with E-state index in [-0.39, 0.29) is 17.9 Å². The highest BCUT2D eigenvalue weighted by Crippen LogP contribution is 2.21. The van der Waals surface area contributed by atoms with Crippen molar-refractivity contribution in [1.82, 2.24) is 9.55 Å². The third-order valence-electron chi connectivity index (χ3n) is 2.66. The Morgan fingerprint density at radius 1 is 1.80 bits per heavy atom. The number of nitrogens with zero attached hydrogens (tertiary/aromatic N) is 2. The lowest BCUT2D eigenvalue weighted by Gasteiger charge is -2.29. The van der Waals surface area contributed by atoms with Gasteiger partial charge in [-0.05, 0) is 13.8 Å². The Morgan fingerprint density at radius 2 is 2.60 bits per heavy atom. The number of esters is 1. The maximum atomic E-state index is 11.6. The fourth-order valence-corrected chi connectivity index (χ4v) is 1.80. The van der Waals surface area contributed by atoms with Crippen molar-refractivity contribution in [2.75, 3.05) is 11.9 Å². The summed E-state index contributed by atoms with van der Waals surface area (Å²) in [5.74, 6) is 0.548. The Kier molecular flexibility index (Phi) is 2.62. The first-order chi connectivity index (χ1) is 7.22. The Hall–Kier alpha value is -1.52. The summed E-state index contributed by atoms with van der Waals surface area (Å²) in [6.07, 6.45) is 3.59. The standard InChI is InChI=1S/C10H15N3O2/c1-3-15-9(14)8-6-13-5-4-11-10(13)12-7(8)2/h4-5,7-8H,3,6H2,1-2H3,(H,11,12). The van der Waals surface area contributed by atoms with Crippen LogP contribution in [0, 0.1) is 5.92 Å². The van der Waals surface area contributed by atoms with Crippen molar-refractivity contribution in [2.45, 2.75) is 26.4 Å². The quantitative estimate of drug-likeness (QED) is 0.734. The molecule has 0 spiro atoms. The van der Waals surface area contributed by atoms with Crippen molar-refractivity contribution in [3.05, 3.63) is 12.4 Å². The van der Waals surface area contributed by atoms with E-state index in [4.69, 9.17) is 4.74 Å². The fraction of sp³-hybridized carbons (Fsp3) is 0.600. The molecule has 82 valence electrons. The number of hydrogen-bond donors (Lipinski definition) is 1. The van der Waals surface area contributed by atoms with Gasteiger partial charge in [0.2, 0.25) is 5.95 Å². The van der Waals surface area contributed by atoms with Crippen molar-refractivity contribution in [3.63, 3.8) is 0 Å². The van der Waals surface area contributed by atoms with E-state index in [0.29, 0.717) is 13.2 Å². The van der Waals surface area contributed by atoms with Crippen LogP contribution in [0.1, 0.15) is 13.8 Å². The Balaban J connectivity index is 2.13. The Bertz CT molecular complexity index is 361. The molecule has 2 unspecified atom stereocenters. The summed E-state index contributed by atoms with van der Waals surface area (Å²) in [5.41, 5.74) is 0. The van der Waals surface area contributed by atoms with E-state index in [1.54, 1.807) is 6.20 Å². The summed E-state index contributed by atoms with van der Waals surface area (Å²) >= 11 is 0. The SMILES string of the molecule is CCOC(=O)C1Cn2ccnc2NC1C. The second-order valence-electron chi connectivity index (χ2n) is 3.69. The molecule has 1 aromatic rings. The lowest BCUT2D eigenvalue weighted by atomic mass is 10.00. The lowest BCUT2D eigenvalue weighted by molar-refractivity contribution is -0.149. The third kappa shape index (κ3) is 1.82. The molecule has 0 amide bonds. The Morgan fingerprint density at radius 3 is 3.33 bits per heavy atom. The monoisotopic (exact) mass is 209 g/mol. The number of ether oxygens (including phenoxy) is 1. The second kappa shape index (κ2) is 3.92. The number of aromatic nitrogens is 2.